The second-order valence-corrected chi connectivity index (χ2v) is 5.47. The molecule has 0 heterocycles. The summed E-state index contributed by atoms with van der Waals surface area (Å²) in [5.41, 5.74) is -0.896. The molecule has 0 radical (unpaired) electrons. The zero-order chi connectivity index (χ0) is 13.1. The standard InChI is InChI=1S/C14H22FNO/c1-5-14(17,10-16-13(2,3)4)11-8-6-7-9-12(11)15/h6-9,16-17H,5,10H2,1-4H3. The van der Waals surface area contributed by atoms with Gasteiger partial charge in [-0.15, -0.1) is 0 Å². The van der Waals surface area contributed by atoms with Crippen LogP contribution in [0.25, 0.3) is 0 Å². The molecule has 0 saturated heterocycles. The van der Waals surface area contributed by atoms with Crippen LogP contribution in [0.3, 0.4) is 0 Å². The Morgan fingerprint density at radius 1 is 1.24 bits per heavy atom. The number of hydrogen-bond acceptors (Lipinski definition) is 2. The van der Waals surface area contributed by atoms with Crippen molar-refractivity contribution in [1.82, 2.24) is 5.32 Å². The lowest BCUT2D eigenvalue weighted by Crippen LogP contribution is -2.46. The molecule has 17 heavy (non-hydrogen) atoms. The molecule has 0 amide bonds. The predicted octanol–water partition coefficient (Wildman–Crippen LogP) is 2.81. The Hall–Kier alpha value is -0.930. The molecule has 1 aromatic carbocycles. The summed E-state index contributed by atoms with van der Waals surface area (Å²) >= 11 is 0. The number of hydrogen-bond donors (Lipinski definition) is 2. The molecule has 0 aliphatic rings. The first-order valence-corrected chi connectivity index (χ1v) is 6.01. The number of aliphatic hydroxyl groups is 1. The van der Waals surface area contributed by atoms with Crippen LogP contribution in [-0.2, 0) is 5.60 Å². The SMILES string of the molecule is CCC(O)(CNC(C)(C)C)c1ccccc1F. The van der Waals surface area contributed by atoms with E-state index in [1.165, 1.54) is 6.07 Å². The zero-order valence-corrected chi connectivity index (χ0v) is 11.0. The lowest BCUT2D eigenvalue weighted by atomic mass is 9.89. The second kappa shape index (κ2) is 5.15. The van der Waals surface area contributed by atoms with Gasteiger partial charge in [-0.1, -0.05) is 25.1 Å². The minimum Gasteiger partial charge on any atom is -0.384 e. The molecule has 2 nitrogen and oxygen atoms in total. The Bertz CT molecular complexity index is 373. The first-order valence-electron chi connectivity index (χ1n) is 6.01. The van der Waals surface area contributed by atoms with E-state index in [1.807, 2.05) is 27.7 Å². The largest absolute Gasteiger partial charge is 0.384 e. The van der Waals surface area contributed by atoms with Gasteiger partial charge in [0.25, 0.3) is 0 Å². The maximum absolute atomic E-state index is 13.7. The molecular weight excluding hydrogens is 217 g/mol. The molecule has 0 aliphatic heterocycles. The van der Waals surface area contributed by atoms with Crippen LogP contribution in [0.1, 0.15) is 39.7 Å². The molecule has 2 N–H and O–H groups in total. The summed E-state index contributed by atoms with van der Waals surface area (Å²) in [5.74, 6) is -0.354. The molecule has 0 saturated carbocycles. The van der Waals surface area contributed by atoms with Crippen LogP contribution in [-0.4, -0.2) is 17.2 Å². The summed E-state index contributed by atoms with van der Waals surface area (Å²) in [6, 6.07) is 6.40. The van der Waals surface area contributed by atoms with E-state index in [2.05, 4.69) is 5.32 Å². The number of β-amino-alcohol motifs (C(OH)–C–C–N with tert-alkyl or cyclic N) is 1. The monoisotopic (exact) mass is 239 g/mol. The Balaban J connectivity index is 2.93. The van der Waals surface area contributed by atoms with Gasteiger partial charge in [-0.05, 0) is 33.3 Å². The van der Waals surface area contributed by atoms with Crippen LogP contribution in [0, 0.1) is 5.82 Å². The van der Waals surface area contributed by atoms with E-state index >= 15 is 0 Å². The van der Waals surface area contributed by atoms with Gasteiger partial charge in [-0.3, -0.25) is 0 Å². The lowest BCUT2D eigenvalue weighted by molar-refractivity contribution is 0.0233. The fourth-order valence-corrected chi connectivity index (χ4v) is 1.66. The normalized spacial score (nSPS) is 15.6. The average molecular weight is 239 g/mol. The van der Waals surface area contributed by atoms with Crippen LogP contribution in [0.4, 0.5) is 4.39 Å². The highest BCUT2D eigenvalue weighted by molar-refractivity contribution is 5.24. The first kappa shape index (κ1) is 14.1. The van der Waals surface area contributed by atoms with Gasteiger partial charge in [0.1, 0.15) is 11.4 Å². The molecule has 1 atom stereocenters. The van der Waals surface area contributed by atoms with Gasteiger partial charge in [0.2, 0.25) is 0 Å². The van der Waals surface area contributed by atoms with E-state index in [4.69, 9.17) is 0 Å². The molecule has 1 unspecified atom stereocenters. The molecule has 0 aliphatic carbocycles. The number of halogens is 1. The van der Waals surface area contributed by atoms with Crippen molar-refractivity contribution in [2.75, 3.05) is 6.54 Å². The Kier molecular flexibility index (Phi) is 4.28. The van der Waals surface area contributed by atoms with Gasteiger partial charge in [0, 0.05) is 17.6 Å². The smallest absolute Gasteiger partial charge is 0.129 e. The van der Waals surface area contributed by atoms with Crippen LogP contribution in [0.2, 0.25) is 0 Å². The Morgan fingerprint density at radius 2 is 1.82 bits per heavy atom. The van der Waals surface area contributed by atoms with Crippen molar-refractivity contribution in [3.05, 3.63) is 35.6 Å². The fourth-order valence-electron chi connectivity index (χ4n) is 1.66. The number of nitrogens with one attached hydrogen (secondary N) is 1. The van der Waals surface area contributed by atoms with Gasteiger partial charge >= 0.3 is 0 Å². The quantitative estimate of drug-likeness (QED) is 0.846. The van der Waals surface area contributed by atoms with E-state index in [9.17, 15) is 9.50 Å². The van der Waals surface area contributed by atoms with Gasteiger partial charge in [-0.25, -0.2) is 4.39 Å². The maximum Gasteiger partial charge on any atom is 0.129 e. The van der Waals surface area contributed by atoms with E-state index in [0.29, 0.717) is 18.5 Å². The average Bonchev–Trinajstić information content (AvgIpc) is 2.26. The molecule has 1 rings (SSSR count). The topological polar surface area (TPSA) is 32.3 Å². The van der Waals surface area contributed by atoms with Gasteiger partial charge in [-0.2, -0.15) is 0 Å². The molecule has 0 fully saturated rings. The fraction of sp³-hybridized carbons (Fsp3) is 0.571. The highest BCUT2D eigenvalue weighted by atomic mass is 19.1. The van der Waals surface area contributed by atoms with Crippen molar-refractivity contribution < 1.29 is 9.50 Å². The van der Waals surface area contributed by atoms with Crippen LogP contribution in [0.15, 0.2) is 24.3 Å². The van der Waals surface area contributed by atoms with E-state index < -0.39 is 5.60 Å². The van der Waals surface area contributed by atoms with E-state index in [1.54, 1.807) is 18.2 Å². The van der Waals surface area contributed by atoms with Crippen LogP contribution < -0.4 is 5.32 Å². The third kappa shape index (κ3) is 3.79. The molecule has 0 spiro atoms. The molecule has 3 heteroatoms. The summed E-state index contributed by atoms with van der Waals surface area (Å²) in [4.78, 5) is 0. The zero-order valence-electron chi connectivity index (χ0n) is 11.0. The Labute approximate surface area is 103 Å². The van der Waals surface area contributed by atoms with E-state index in [0.717, 1.165) is 0 Å². The summed E-state index contributed by atoms with van der Waals surface area (Å²) in [5, 5.41) is 13.8. The summed E-state index contributed by atoms with van der Waals surface area (Å²) in [7, 11) is 0. The van der Waals surface area contributed by atoms with Crippen molar-refractivity contribution in [3.63, 3.8) is 0 Å². The molecule has 1 aromatic rings. The second-order valence-electron chi connectivity index (χ2n) is 5.47. The Morgan fingerprint density at radius 3 is 2.29 bits per heavy atom. The molecule has 0 aromatic heterocycles. The summed E-state index contributed by atoms with van der Waals surface area (Å²) in [6.45, 7) is 8.25. The van der Waals surface area contributed by atoms with Crippen LogP contribution >= 0.6 is 0 Å². The lowest BCUT2D eigenvalue weighted by Gasteiger charge is -2.32. The number of benzene rings is 1. The van der Waals surface area contributed by atoms with Crippen molar-refractivity contribution in [1.29, 1.82) is 0 Å². The highest BCUT2D eigenvalue weighted by Gasteiger charge is 2.31. The van der Waals surface area contributed by atoms with Crippen molar-refractivity contribution in [2.45, 2.75) is 45.3 Å². The maximum atomic E-state index is 13.7. The minimum absolute atomic E-state index is 0.103. The third-order valence-electron chi connectivity index (χ3n) is 2.87. The van der Waals surface area contributed by atoms with Crippen molar-refractivity contribution >= 4 is 0 Å². The third-order valence-corrected chi connectivity index (χ3v) is 2.87. The van der Waals surface area contributed by atoms with Gasteiger partial charge in [0.05, 0.1) is 0 Å². The summed E-state index contributed by atoms with van der Waals surface area (Å²) < 4.78 is 13.7. The summed E-state index contributed by atoms with van der Waals surface area (Å²) in [6.07, 6.45) is 0.469. The minimum atomic E-state index is -1.15. The molecule has 96 valence electrons. The van der Waals surface area contributed by atoms with Crippen molar-refractivity contribution in [2.24, 2.45) is 0 Å². The number of rotatable bonds is 4. The highest BCUT2D eigenvalue weighted by Crippen LogP contribution is 2.27. The van der Waals surface area contributed by atoms with Crippen LogP contribution in [0.5, 0.6) is 0 Å². The van der Waals surface area contributed by atoms with Gasteiger partial charge in [0.15, 0.2) is 0 Å². The molecule has 0 bridgehead atoms. The van der Waals surface area contributed by atoms with Gasteiger partial charge < -0.3 is 10.4 Å². The first-order chi connectivity index (χ1) is 7.78. The van der Waals surface area contributed by atoms with Crippen molar-refractivity contribution in [3.8, 4) is 0 Å². The predicted molar refractivity (Wildman–Crippen MR) is 68.3 cm³/mol. The molecular formula is C14H22FNO. The van der Waals surface area contributed by atoms with E-state index in [-0.39, 0.29) is 11.4 Å².